The van der Waals surface area contributed by atoms with Crippen LogP contribution in [0.4, 0.5) is 5.69 Å². The number of rotatable bonds is 8. The van der Waals surface area contributed by atoms with Crippen molar-refractivity contribution in [3.8, 4) is 0 Å². The number of aromatic amines is 1. The van der Waals surface area contributed by atoms with Gasteiger partial charge in [0.25, 0.3) is 5.69 Å². The fourth-order valence-electron chi connectivity index (χ4n) is 3.87. The van der Waals surface area contributed by atoms with Crippen LogP contribution in [0.2, 0.25) is 5.02 Å². The number of amides is 1. The molecule has 0 unspecified atom stereocenters. The predicted octanol–water partition coefficient (Wildman–Crippen LogP) is 5.01. The SMILES string of the molecule is O=C(C[C@H](c1ccccc1[N+](=O)[O-])c1c[nH]c2ccc(Cl)cc12)NCCc1ccccn1. The lowest BCUT2D eigenvalue weighted by Crippen LogP contribution is -2.27. The molecule has 0 aliphatic rings. The molecule has 0 fully saturated rings. The summed E-state index contributed by atoms with van der Waals surface area (Å²) in [5.41, 5.74) is 2.99. The number of carbonyl (C=O) groups excluding carboxylic acids is 1. The second-order valence-corrected chi connectivity index (χ2v) is 7.86. The van der Waals surface area contributed by atoms with Crippen LogP contribution in [-0.2, 0) is 11.2 Å². The molecule has 0 radical (unpaired) electrons. The second-order valence-electron chi connectivity index (χ2n) is 7.43. The quantitative estimate of drug-likeness (QED) is 0.292. The molecule has 2 aromatic heterocycles. The summed E-state index contributed by atoms with van der Waals surface area (Å²) in [7, 11) is 0. The van der Waals surface area contributed by atoms with Crippen molar-refractivity contribution in [2.45, 2.75) is 18.8 Å². The summed E-state index contributed by atoms with van der Waals surface area (Å²) in [5, 5.41) is 16.0. The summed E-state index contributed by atoms with van der Waals surface area (Å²) in [4.78, 5) is 31.6. The first-order valence-corrected chi connectivity index (χ1v) is 10.6. The van der Waals surface area contributed by atoms with Crippen LogP contribution in [0.3, 0.4) is 0 Å². The number of hydrogen-bond donors (Lipinski definition) is 2. The molecule has 1 amide bonds. The maximum atomic E-state index is 12.9. The van der Waals surface area contributed by atoms with Crippen LogP contribution < -0.4 is 5.32 Å². The Labute approximate surface area is 189 Å². The number of carbonyl (C=O) groups is 1. The minimum atomic E-state index is -0.515. The molecule has 0 aliphatic heterocycles. The van der Waals surface area contributed by atoms with Crippen molar-refractivity contribution in [2.75, 3.05) is 6.54 Å². The van der Waals surface area contributed by atoms with Gasteiger partial charge in [0.05, 0.1) is 4.92 Å². The number of pyridine rings is 1. The van der Waals surface area contributed by atoms with Crippen molar-refractivity contribution in [3.05, 3.63) is 105 Å². The fourth-order valence-corrected chi connectivity index (χ4v) is 4.04. The zero-order valence-electron chi connectivity index (χ0n) is 17.1. The van der Waals surface area contributed by atoms with Crippen LogP contribution in [0, 0.1) is 10.1 Å². The number of H-pyrrole nitrogens is 1. The zero-order valence-corrected chi connectivity index (χ0v) is 17.9. The van der Waals surface area contributed by atoms with E-state index in [2.05, 4.69) is 15.3 Å². The number of benzene rings is 2. The lowest BCUT2D eigenvalue weighted by Gasteiger charge is -2.17. The van der Waals surface area contributed by atoms with Gasteiger partial charge in [-0.1, -0.05) is 35.9 Å². The van der Waals surface area contributed by atoms with Crippen LogP contribution in [0.5, 0.6) is 0 Å². The van der Waals surface area contributed by atoms with E-state index >= 15 is 0 Å². The summed E-state index contributed by atoms with van der Waals surface area (Å²) in [6, 6.07) is 17.6. The third kappa shape index (κ3) is 4.78. The Bertz CT molecular complexity index is 1260. The molecular formula is C24H21ClN4O3. The van der Waals surface area contributed by atoms with Gasteiger partial charge in [0, 0.05) is 70.9 Å². The molecule has 0 spiro atoms. The minimum absolute atomic E-state index is 0.0184. The highest BCUT2D eigenvalue weighted by Gasteiger charge is 2.27. The van der Waals surface area contributed by atoms with Gasteiger partial charge >= 0.3 is 0 Å². The molecule has 4 rings (SSSR count). The number of hydrogen-bond acceptors (Lipinski definition) is 4. The van der Waals surface area contributed by atoms with Gasteiger partial charge in [0.1, 0.15) is 0 Å². The van der Waals surface area contributed by atoms with Gasteiger partial charge < -0.3 is 10.3 Å². The summed E-state index contributed by atoms with van der Waals surface area (Å²) in [6.07, 6.45) is 4.17. The summed E-state index contributed by atoms with van der Waals surface area (Å²) in [5.74, 6) is -0.709. The summed E-state index contributed by atoms with van der Waals surface area (Å²) in [6.45, 7) is 0.430. The molecule has 1 atom stereocenters. The molecule has 0 aliphatic carbocycles. The highest BCUT2D eigenvalue weighted by atomic mass is 35.5. The van der Waals surface area contributed by atoms with Crippen LogP contribution in [0.1, 0.15) is 29.2 Å². The minimum Gasteiger partial charge on any atom is -0.361 e. The van der Waals surface area contributed by atoms with Gasteiger partial charge in [0.15, 0.2) is 0 Å². The number of nitro groups is 1. The fraction of sp³-hybridized carbons (Fsp3) is 0.167. The first-order chi connectivity index (χ1) is 15.5. The van der Waals surface area contributed by atoms with Gasteiger partial charge in [0.2, 0.25) is 5.91 Å². The predicted molar refractivity (Wildman–Crippen MR) is 124 cm³/mol. The monoisotopic (exact) mass is 448 g/mol. The molecular weight excluding hydrogens is 428 g/mol. The van der Waals surface area contributed by atoms with Crippen molar-refractivity contribution < 1.29 is 9.72 Å². The number of para-hydroxylation sites is 1. The Hall–Kier alpha value is -3.71. The molecule has 2 heterocycles. The second kappa shape index (κ2) is 9.62. The van der Waals surface area contributed by atoms with E-state index in [1.807, 2.05) is 30.3 Å². The maximum Gasteiger partial charge on any atom is 0.273 e. The Kier molecular flexibility index (Phi) is 6.47. The smallest absolute Gasteiger partial charge is 0.273 e. The van der Waals surface area contributed by atoms with Gasteiger partial charge in [-0.25, -0.2) is 0 Å². The van der Waals surface area contributed by atoms with E-state index in [0.29, 0.717) is 23.6 Å². The Morgan fingerprint density at radius 1 is 1.12 bits per heavy atom. The maximum absolute atomic E-state index is 12.9. The molecule has 32 heavy (non-hydrogen) atoms. The number of aromatic nitrogens is 2. The molecule has 4 aromatic rings. The highest BCUT2D eigenvalue weighted by Crippen LogP contribution is 2.38. The van der Waals surface area contributed by atoms with Crippen molar-refractivity contribution in [2.24, 2.45) is 0 Å². The number of nitro benzene ring substituents is 1. The largest absolute Gasteiger partial charge is 0.361 e. The average molecular weight is 449 g/mol. The van der Waals surface area contributed by atoms with E-state index in [1.165, 1.54) is 6.07 Å². The van der Waals surface area contributed by atoms with E-state index in [1.54, 1.807) is 36.7 Å². The van der Waals surface area contributed by atoms with E-state index in [0.717, 1.165) is 22.2 Å². The molecule has 162 valence electrons. The van der Waals surface area contributed by atoms with Gasteiger partial charge in [-0.2, -0.15) is 0 Å². The summed E-state index contributed by atoms with van der Waals surface area (Å²) < 4.78 is 0. The topological polar surface area (TPSA) is 101 Å². The van der Waals surface area contributed by atoms with Crippen molar-refractivity contribution in [1.82, 2.24) is 15.3 Å². The zero-order chi connectivity index (χ0) is 22.5. The first-order valence-electron chi connectivity index (χ1n) is 10.2. The number of nitrogens with one attached hydrogen (secondary N) is 2. The third-order valence-electron chi connectivity index (χ3n) is 5.38. The average Bonchev–Trinajstić information content (AvgIpc) is 3.21. The number of halogens is 1. The number of fused-ring (bicyclic) bond motifs is 1. The normalized spacial score (nSPS) is 11.9. The number of nitrogens with zero attached hydrogens (tertiary/aromatic N) is 2. The van der Waals surface area contributed by atoms with Crippen molar-refractivity contribution in [3.63, 3.8) is 0 Å². The van der Waals surface area contributed by atoms with Crippen molar-refractivity contribution in [1.29, 1.82) is 0 Å². The van der Waals surface area contributed by atoms with E-state index in [-0.39, 0.29) is 18.0 Å². The Morgan fingerprint density at radius 2 is 1.94 bits per heavy atom. The van der Waals surface area contributed by atoms with E-state index in [9.17, 15) is 14.9 Å². The van der Waals surface area contributed by atoms with Gasteiger partial charge in [-0.05, 0) is 35.9 Å². The molecule has 0 bridgehead atoms. The molecule has 0 saturated carbocycles. The molecule has 0 saturated heterocycles. The lowest BCUT2D eigenvalue weighted by atomic mass is 9.87. The Morgan fingerprint density at radius 3 is 2.72 bits per heavy atom. The van der Waals surface area contributed by atoms with Crippen LogP contribution in [0.25, 0.3) is 10.9 Å². The molecule has 7 nitrogen and oxygen atoms in total. The van der Waals surface area contributed by atoms with Gasteiger partial charge in [-0.3, -0.25) is 19.9 Å². The lowest BCUT2D eigenvalue weighted by molar-refractivity contribution is -0.385. The molecule has 2 N–H and O–H groups in total. The van der Waals surface area contributed by atoms with Crippen molar-refractivity contribution >= 4 is 34.1 Å². The van der Waals surface area contributed by atoms with Crippen LogP contribution in [-0.4, -0.2) is 27.3 Å². The van der Waals surface area contributed by atoms with E-state index in [4.69, 9.17) is 11.6 Å². The standard InChI is InChI=1S/C24H21ClN4O3/c25-16-8-9-22-20(13-16)21(15-28-22)19(18-6-1-2-7-23(18)29(31)32)14-24(30)27-12-10-17-5-3-4-11-26-17/h1-9,11,13,15,19,28H,10,12,14H2,(H,27,30)/t19-/m1/s1. The van der Waals surface area contributed by atoms with Crippen LogP contribution >= 0.6 is 11.6 Å². The molecule has 8 heteroatoms. The highest BCUT2D eigenvalue weighted by molar-refractivity contribution is 6.31. The van der Waals surface area contributed by atoms with Crippen LogP contribution in [0.15, 0.2) is 73.1 Å². The molecule has 2 aromatic carbocycles. The summed E-state index contributed by atoms with van der Waals surface area (Å²) >= 11 is 6.21. The Balaban J connectivity index is 1.63. The first kappa shape index (κ1) is 21.5. The van der Waals surface area contributed by atoms with E-state index < -0.39 is 10.8 Å². The van der Waals surface area contributed by atoms with Gasteiger partial charge in [-0.15, -0.1) is 0 Å². The third-order valence-corrected chi connectivity index (χ3v) is 5.61.